The van der Waals surface area contributed by atoms with Gasteiger partial charge in [-0.1, -0.05) is 19.9 Å². The van der Waals surface area contributed by atoms with Gasteiger partial charge in [0.15, 0.2) is 0 Å². The van der Waals surface area contributed by atoms with E-state index in [1.807, 2.05) is 25.3 Å². The molecule has 7 heteroatoms. The third-order valence-electron chi connectivity index (χ3n) is 3.09. The SMILES string of the molecule is CN(CC(C)(C)CN)C(=O)CN(C)C(=O)c1cccs1.Cl. The molecule has 2 amide bonds. The highest BCUT2D eigenvalue weighted by atomic mass is 35.5. The number of thiophene rings is 1. The molecular weight excluding hydrogens is 310 g/mol. The maximum atomic E-state index is 12.1. The van der Waals surface area contributed by atoms with Gasteiger partial charge in [0.05, 0.1) is 11.4 Å². The maximum Gasteiger partial charge on any atom is 0.264 e. The Morgan fingerprint density at radius 2 is 1.90 bits per heavy atom. The van der Waals surface area contributed by atoms with Crippen LogP contribution in [0.1, 0.15) is 23.5 Å². The number of hydrogen-bond acceptors (Lipinski definition) is 4. The highest BCUT2D eigenvalue weighted by Gasteiger charge is 2.23. The molecule has 5 nitrogen and oxygen atoms in total. The van der Waals surface area contributed by atoms with Crippen LogP contribution in [0.2, 0.25) is 0 Å². The Balaban J connectivity index is 0.00000400. The molecule has 0 bridgehead atoms. The first-order chi connectivity index (χ1) is 9.26. The molecule has 0 aliphatic rings. The van der Waals surface area contributed by atoms with Crippen LogP contribution in [-0.2, 0) is 4.79 Å². The highest BCUT2D eigenvalue weighted by Crippen LogP contribution is 2.14. The fourth-order valence-corrected chi connectivity index (χ4v) is 2.50. The molecule has 0 radical (unpaired) electrons. The van der Waals surface area contributed by atoms with Crippen molar-refractivity contribution >= 4 is 35.6 Å². The normalized spacial score (nSPS) is 10.7. The van der Waals surface area contributed by atoms with Crippen molar-refractivity contribution in [2.45, 2.75) is 13.8 Å². The molecule has 21 heavy (non-hydrogen) atoms. The van der Waals surface area contributed by atoms with Crippen molar-refractivity contribution in [1.82, 2.24) is 9.80 Å². The van der Waals surface area contributed by atoms with E-state index in [9.17, 15) is 9.59 Å². The number of nitrogens with two attached hydrogens (primary N) is 1. The summed E-state index contributed by atoms with van der Waals surface area (Å²) in [5, 5.41) is 1.85. The first-order valence-corrected chi connectivity index (χ1v) is 7.38. The topological polar surface area (TPSA) is 66.6 Å². The first-order valence-electron chi connectivity index (χ1n) is 6.50. The van der Waals surface area contributed by atoms with Crippen LogP contribution in [0.4, 0.5) is 0 Å². The molecule has 2 N–H and O–H groups in total. The molecular formula is C14H24ClN3O2S. The summed E-state index contributed by atoms with van der Waals surface area (Å²) in [6.07, 6.45) is 0. The van der Waals surface area contributed by atoms with Crippen LogP contribution in [0.25, 0.3) is 0 Å². The van der Waals surface area contributed by atoms with Gasteiger partial charge >= 0.3 is 0 Å². The quantitative estimate of drug-likeness (QED) is 0.861. The Bertz CT molecular complexity index is 463. The zero-order valence-corrected chi connectivity index (χ0v) is 14.6. The fraction of sp³-hybridized carbons (Fsp3) is 0.571. The monoisotopic (exact) mass is 333 g/mol. The Hall–Kier alpha value is -1.11. The van der Waals surface area contributed by atoms with Crippen molar-refractivity contribution in [1.29, 1.82) is 0 Å². The minimum atomic E-state index is -0.125. The van der Waals surface area contributed by atoms with E-state index in [0.717, 1.165) is 0 Å². The number of halogens is 1. The summed E-state index contributed by atoms with van der Waals surface area (Å²) < 4.78 is 0. The number of carbonyl (C=O) groups is 2. The number of nitrogens with zero attached hydrogens (tertiary/aromatic N) is 2. The molecule has 0 atom stereocenters. The van der Waals surface area contributed by atoms with Gasteiger partial charge in [0.1, 0.15) is 0 Å². The van der Waals surface area contributed by atoms with Crippen molar-refractivity contribution in [2.24, 2.45) is 11.1 Å². The Kier molecular flexibility index (Phi) is 7.92. The second kappa shape index (κ2) is 8.36. The van der Waals surface area contributed by atoms with E-state index in [4.69, 9.17) is 5.73 Å². The van der Waals surface area contributed by atoms with Crippen molar-refractivity contribution in [3.63, 3.8) is 0 Å². The molecule has 0 aliphatic heterocycles. The summed E-state index contributed by atoms with van der Waals surface area (Å²) in [6.45, 7) is 5.18. The molecule has 0 unspecified atom stereocenters. The number of hydrogen-bond donors (Lipinski definition) is 1. The number of rotatable bonds is 6. The number of amides is 2. The van der Waals surface area contributed by atoms with Crippen LogP contribution in [0.3, 0.4) is 0 Å². The number of likely N-dealkylation sites (N-methyl/N-ethyl adjacent to an activating group) is 2. The van der Waals surface area contributed by atoms with Gasteiger partial charge in [-0.2, -0.15) is 0 Å². The lowest BCUT2D eigenvalue weighted by Crippen LogP contribution is -2.44. The largest absolute Gasteiger partial charge is 0.344 e. The summed E-state index contributed by atoms with van der Waals surface area (Å²) in [5.74, 6) is -0.209. The molecule has 1 rings (SSSR count). The summed E-state index contributed by atoms with van der Waals surface area (Å²) >= 11 is 1.38. The average Bonchev–Trinajstić information content (AvgIpc) is 2.90. The van der Waals surface area contributed by atoms with Crippen molar-refractivity contribution in [3.05, 3.63) is 22.4 Å². The molecule has 0 aliphatic carbocycles. The van der Waals surface area contributed by atoms with E-state index >= 15 is 0 Å². The molecule has 0 saturated carbocycles. The van der Waals surface area contributed by atoms with Gasteiger partial charge in [0, 0.05) is 20.6 Å². The fourth-order valence-electron chi connectivity index (χ4n) is 1.78. The Labute approximate surface area is 136 Å². The van der Waals surface area contributed by atoms with E-state index < -0.39 is 0 Å². The van der Waals surface area contributed by atoms with Crippen LogP contribution in [0.15, 0.2) is 17.5 Å². The molecule has 0 fully saturated rings. The maximum absolute atomic E-state index is 12.1. The summed E-state index contributed by atoms with van der Waals surface area (Å²) in [6, 6.07) is 3.58. The van der Waals surface area contributed by atoms with Gasteiger partial charge in [0.2, 0.25) is 5.91 Å². The molecule has 1 aromatic rings. The average molecular weight is 334 g/mol. The summed E-state index contributed by atoms with van der Waals surface area (Å²) in [5.41, 5.74) is 5.54. The molecule has 120 valence electrons. The van der Waals surface area contributed by atoms with Crippen LogP contribution in [0, 0.1) is 5.41 Å². The molecule has 0 saturated heterocycles. The van der Waals surface area contributed by atoms with Gasteiger partial charge in [-0.15, -0.1) is 23.7 Å². The second-order valence-electron chi connectivity index (χ2n) is 5.76. The summed E-state index contributed by atoms with van der Waals surface area (Å²) in [4.78, 5) is 27.9. The summed E-state index contributed by atoms with van der Waals surface area (Å²) in [7, 11) is 3.38. The van der Waals surface area contributed by atoms with Gasteiger partial charge in [0.25, 0.3) is 5.91 Å². The van der Waals surface area contributed by atoms with Crippen LogP contribution in [-0.4, -0.2) is 55.3 Å². The Morgan fingerprint density at radius 3 is 2.38 bits per heavy atom. The third-order valence-corrected chi connectivity index (χ3v) is 3.95. The van der Waals surface area contributed by atoms with Gasteiger partial charge < -0.3 is 15.5 Å². The van der Waals surface area contributed by atoms with E-state index in [2.05, 4.69) is 0 Å². The van der Waals surface area contributed by atoms with Crippen molar-refractivity contribution in [2.75, 3.05) is 33.7 Å². The lowest BCUT2D eigenvalue weighted by Gasteiger charge is -2.30. The first kappa shape index (κ1) is 19.9. The van der Waals surface area contributed by atoms with Gasteiger partial charge in [-0.25, -0.2) is 0 Å². The minimum Gasteiger partial charge on any atom is -0.344 e. The Morgan fingerprint density at radius 1 is 1.29 bits per heavy atom. The van der Waals surface area contributed by atoms with E-state index in [1.165, 1.54) is 16.2 Å². The lowest BCUT2D eigenvalue weighted by atomic mass is 9.93. The van der Waals surface area contributed by atoms with Crippen LogP contribution in [0.5, 0.6) is 0 Å². The highest BCUT2D eigenvalue weighted by molar-refractivity contribution is 7.12. The zero-order valence-electron chi connectivity index (χ0n) is 13.0. The van der Waals surface area contributed by atoms with Gasteiger partial charge in [-0.3, -0.25) is 9.59 Å². The van der Waals surface area contributed by atoms with Crippen LogP contribution >= 0.6 is 23.7 Å². The van der Waals surface area contributed by atoms with Gasteiger partial charge in [-0.05, 0) is 23.4 Å². The molecule has 1 aromatic heterocycles. The van der Waals surface area contributed by atoms with Crippen molar-refractivity contribution in [3.8, 4) is 0 Å². The van der Waals surface area contributed by atoms with E-state index in [1.54, 1.807) is 25.1 Å². The van der Waals surface area contributed by atoms with Crippen LogP contribution < -0.4 is 5.73 Å². The standard InChI is InChI=1S/C14H23N3O2S.ClH/c1-14(2,9-15)10-17(4)12(18)8-16(3)13(19)11-6-5-7-20-11;/h5-7H,8-10,15H2,1-4H3;1H. The smallest absolute Gasteiger partial charge is 0.264 e. The minimum absolute atomic E-state index is 0. The predicted molar refractivity (Wildman–Crippen MR) is 89.0 cm³/mol. The molecule has 0 spiro atoms. The lowest BCUT2D eigenvalue weighted by molar-refractivity contribution is -0.131. The van der Waals surface area contributed by atoms with E-state index in [-0.39, 0.29) is 36.2 Å². The molecule has 1 heterocycles. The number of carbonyl (C=O) groups excluding carboxylic acids is 2. The van der Waals surface area contributed by atoms with E-state index in [0.29, 0.717) is 18.0 Å². The third kappa shape index (κ3) is 6.03. The van der Waals surface area contributed by atoms with Crippen molar-refractivity contribution < 1.29 is 9.59 Å². The zero-order chi connectivity index (χ0) is 15.3. The molecule has 0 aromatic carbocycles. The second-order valence-corrected chi connectivity index (χ2v) is 6.70. The predicted octanol–water partition coefficient (Wildman–Crippen LogP) is 1.69.